The van der Waals surface area contributed by atoms with Crippen LogP contribution in [0.5, 0.6) is 5.75 Å². The minimum absolute atomic E-state index is 0.0861. The van der Waals surface area contributed by atoms with E-state index in [9.17, 15) is 13.6 Å². The van der Waals surface area contributed by atoms with E-state index in [1.165, 1.54) is 12.1 Å². The summed E-state index contributed by atoms with van der Waals surface area (Å²) in [6.45, 7) is -2.83. The number of rotatable bonds is 6. The fourth-order valence-corrected chi connectivity index (χ4v) is 2.39. The van der Waals surface area contributed by atoms with Crippen molar-refractivity contribution in [1.29, 1.82) is 0 Å². The van der Waals surface area contributed by atoms with Gasteiger partial charge in [-0.25, -0.2) is 0 Å². The van der Waals surface area contributed by atoms with E-state index >= 15 is 0 Å². The lowest BCUT2D eigenvalue weighted by atomic mass is 10.1. The molecule has 0 aliphatic carbocycles. The molecule has 0 spiro atoms. The van der Waals surface area contributed by atoms with E-state index in [1.54, 1.807) is 12.1 Å². The van der Waals surface area contributed by atoms with Crippen LogP contribution in [0.2, 0.25) is 0 Å². The molecule has 0 unspecified atom stereocenters. The number of hydrogen-bond acceptors (Lipinski definition) is 2. The largest absolute Gasteiger partial charge is 0.435 e. The SMILES string of the molecule is O=C(CCc1ccc(OC(F)F)cc1)Nc1ccccc1I. The average Bonchev–Trinajstić information content (AvgIpc) is 2.48. The van der Waals surface area contributed by atoms with Crippen LogP contribution in [0.15, 0.2) is 48.5 Å². The number of amides is 1. The highest BCUT2D eigenvalue weighted by Crippen LogP contribution is 2.18. The van der Waals surface area contributed by atoms with Crippen LogP contribution >= 0.6 is 22.6 Å². The number of para-hydroxylation sites is 1. The second-order valence-corrected chi connectivity index (χ2v) is 5.71. The lowest BCUT2D eigenvalue weighted by Gasteiger charge is -2.08. The van der Waals surface area contributed by atoms with Crippen molar-refractivity contribution in [2.45, 2.75) is 19.5 Å². The molecule has 0 aromatic heterocycles. The van der Waals surface area contributed by atoms with Crippen molar-refractivity contribution < 1.29 is 18.3 Å². The maximum Gasteiger partial charge on any atom is 0.387 e. The molecule has 0 aliphatic heterocycles. The van der Waals surface area contributed by atoms with Crippen LogP contribution in [-0.4, -0.2) is 12.5 Å². The molecular formula is C16H14F2INO2. The smallest absolute Gasteiger partial charge is 0.387 e. The van der Waals surface area contributed by atoms with Crippen molar-refractivity contribution in [1.82, 2.24) is 0 Å². The van der Waals surface area contributed by atoms with Gasteiger partial charge in [0.15, 0.2) is 0 Å². The molecule has 0 bridgehead atoms. The predicted octanol–water partition coefficient (Wildman–Crippen LogP) is 4.46. The number of anilines is 1. The van der Waals surface area contributed by atoms with Gasteiger partial charge in [-0.2, -0.15) is 8.78 Å². The molecule has 1 amide bonds. The highest BCUT2D eigenvalue weighted by Gasteiger charge is 2.07. The highest BCUT2D eigenvalue weighted by molar-refractivity contribution is 14.1. The summed E-state index contributed by atoms with van der Waals surface area (Å²) in [4.78, 5) is 11.9. The van der Waals surface area contributed by atoms with Crippen LogP contribution in [0.1, 0.15) is 12.0 Å². The summed E-state index contributed by atoms with van der Waals surface area (Å²) < 4.78 is 29.3. The average molecular weight is 417 g/mol. The summed E-state index contributed by atoms with van der Waals surface area (Å²) in [6.07, 6.45) is 0.851. The van der Waals surface area contributed by atoms with Crippen molar-refractivity contribution in [2.75, 3.05) is 5.32 Å². The van der Waals surface area contributed by atoms with E-state index in [4.69, 9.17) is 0 Å². The van der Waals surface area contributed by atoms with E-state index in [1.807, 2.05) is 24.3 Å². The number of halogens is 3. The molecule has 2 aromatic rings. The number of carbonyl (C=O) groups excluding carboxylic acids is 1. The van der Waals surface area contributed by atoms with E-state index in [0.29, 0.717) is 12.8 Å². The lowest BCUT2D eigenvalue weighted by molar-refractivity contribution is -0.116. The molecule has 1 N–H and O–H groups in total. The van der Waals surface area contributed by atoms with E-state index in [-0.39, 0.29) is 11.7 Å². The summed E-state index contributed by atoms with van der Waals surface area (Å²) >= 11 is 2.16. The minimum Gasteiger partial charge on any atom is -0.435 e. The van der Waals surface area contributed by atoms with Crippen molar-refractivity contribution in [3.8, 4) is 5.75 Å². The Morgan fingerprint density at radius 1 is 1.14 bits per heavy atom. The zero-order valence-electron chi connectivity index (χ0n) is 11.6. The van der Waals surface area contributed by atoms with Gasteiger partial charge in [0.25, 0.3) is 0 Å². The molecule has 2 rings (SSSR count). The first-order valence-electron chi connectivity index (χ1n) is 6.63. The maximum absolute atomic E-state index is 12.0. The second kappa shape index (κ2) is 8.07. The van der Waals surface area contributed by atoms with Gasteiger partial charge in [-0.15, -0.1) is 0 Å². The van der Waals surface area contributed by atoms with Gasteiger partial charge in [0.05, 0.1) is 5.69 Å². The third kappa shape index (κ3) is 5.25. The van der Waals surface area contributed by atoms with Crippen LogP contribution in [0.3, 0.4) is 0 Å². The lowest BCUT2D eigenvalue weighted by Crippen LogP contribution is -2.13. The molecule has 0 atom stereocenters. The van der Waals surface area contributed by atoms with Gasteiger partial charge in [0, 0.05) is 9.99 Å². The Kier molecular flexibility index (Phi) is 6.11. The number of nitrogens with one attached hydrogen (secondary N) is 1. The highest BCUT2D eigenvalue weighted by atomic mass is 127. The van der Waals surface area contributed by atoms with Gasteiger partial charge in [-0.3, -0.25) is 4.79 Å². The summed E-state index contributed by atoms with van der Waals surface area (Å²) in [7, 11) is 0. The van der Waals surface area contributed by atoms with Crippen molar-refractivity contribution in [3.63, 3.8) is 0 Å². The van der Waals surface area contributed by atoms with Gasteiger partial charge < -0.3 is 10.1 Å². The van der Waals surface area contributed by atoms with Gasteiger partial charge >= 0.3 is 6.61 Å². The minimum atomic E-state index is -2.83. The van der Waals surface area contributed by atoms with Gasteiger partial charge in [-0.05, 0) is 58.8 Å². The maximum atomic E-state index is 12.0. The summed E-state index contributed by atoms with van der Waals surface area (Å²) in [5, 5.41) is 2.85. The molecule has 0 saturated heterocycles. The quantitative estimate of drug-likeness (QED) is 0.705. The third-order valence-electron chi connectivity index (χ3n) is 2.94. The molecule has 22 heavy (non-hydrogen) atoms. The molecule has 0 fully saturated rings. The number of hydrogen-bond donors (Lipinski definition) is 1. The zero-order chi connectivity index (χ0) is 15.9. The molecule has 2 aromatic carbocycles. The predicted molar refractivity (Wildman–Crippen MR) is 89.2 cm³/mol. The fraction of sp³-hybridized carbons (Fsp3) is 0.188. The molecular weight excluding hydrogens is 403 g/mol. The molecule has 3 nitrogen and oxygen atoms in total. The molecule has 0 saturated carbocycles. The van der Waals surface area contributed by atoms with Crippen molar-refractivity contribution in [3.05, 3.63) is 57.7 Å². The Balaban J connectivity index is 1.85. The number of ether oxygens (including phenoxy) is 1. The van der Waals surface area contributed by atoms with Crippen LogP contribution in [-0.2, 0) is 11.2 Å². The van der Waals surface area contributed by atoms with Crippen molar-refractivity contribution in [2.24, 2.45) is 0 Å². The third-order valence-corrected chi connectivity index (χ3v) is 3.88. The molecule has 116 valence electrons. The number of carbonyl (C=O) groups is 1. The molecule has 0 radical (unpaired) electrons. The topological polar surface area (TPSA) is 38.3 Å². The monoisotopic (exact) mass is 417 g/mol. The first kappa shape index (κ1) is 16.7. The zero-order valence-corrected chi connectivity index (χ0v) is 13.7. The fourth-order valence-electron chi connectivity index (χ4n) is 1.87. The van der Waals surface area contributed by atoms with Crippen LogP contribution in [0.25, 0.3) is 0 Å². The number of alkyl halides is 2. The van der Waals surface area contributed by atoms with Crippen molar-refractivity contribution >= 4 is 34.2 Å². The van der Waals surface area contributed by atoms with E-state index in [0.717, 1.165) is 14.8 Å². The summed E-state index contributed by atoms with van der Waals surface area (Å²) in [6, 6.07) is 13.8. The number of aryl methyl sites for hydroxylation is 1. The number of benzene rings is 2. The van der Waals surface area contributed by atoms with Gasteiger partial charge in [-0.1, -0.05) is 24.3 Å². The van der Waals surface area contributed by atoms with Gasteiger partial charge in [0.2, 0.25) is 5.91 Å². The summed E-state index contributed by atoms with van der Waals surface area (Å²) in [5.41, 5.74) is 1.67. The Hall–Kier alpha value is -1.70. The Bertz CT molecular complexity index is 632. The second-order valence-electron chi connectivity index (χ2n) is 4.55. The molecule has 0 heterocycles. The Morgan fingerprint density at radius 2 is 1.82 bits per heavy atom. The van der Waals surface area contributed by atoms with Crippen LogP contribution in [0.4, 0.5) is 14.5 Å². The molecule has 0 aliphatic rings. The Morgan fingerprint density at radius 3 is 2.45 bits per heavy atom. The van der Waals surface area contributed by atoms with E-state index in [2.05, 4.69) is 32.6 Å². The van der Waals surface area contributed by atoms with Crippen LogP contribution < -0.4 is 10.1 Å². The van der Waals surface area contributed by atoms with Crippen LogP contribution in [0, 0.1) is 3.57 Å². The standard InChI is InChI=1S/C16H14F2INO2/c17-16(18)22-12-8-5-11(6-9-12)7-10-15(21)20-14-4-2-1-3-13(14)19/h1-6,8-9,16H,7,10H2,(H,20,21). The Labute approximate surface area is 140 Å². The first-order valence-corrected chi connectivity index (χ1v) is 7.70. The first-order chi connectivity index (χ1) is 10.5. The van der Waals surface area contributed by atoms with E-state index < -0.39 is 6.61 Å². The summed E-state index contributed by atoms with van der Waals surface area (Å²) in [5.74, 6) is 0.0269. The van der Waals surface area contributed by atoms with Gasteiger partial charge in [0.1, 0.15) is 5.75 Å². The normalized spacial score (nSPS) is 10.5. The molecule has 6 heteroatoms.